The minimum atomic E-state index is -5.05. The Labute approximate surface area is 92.6 Å². The van der Waals surface area contributed by atoms with Gasteiger partial charge in [0.25, 0.3) is 0 Å². The van der Waals surface area contributed by atoms with Gasteiger partial charge in [-0.2, -0.15) is 4.31 Å². The Hall–Kier alpha value is 1.70. The Morgan fingerprint density at radius 3 is 1.09 bits per heavy atom. The molecule has 0 aliphatic heterocycles. The van der Waals surface area contributed by atoms with E-state index < -0.39 is 15.6 Å². The van der Waals surface area contributed by atoms with Gasteiger partial charge in [0.2, 0.25) is 0 Å². The van der Waals surface area contributed by atoms with Crippen molar-refractivity contribution in [3.63, 3.8) is 0 Å². The zero-order chi connectivity index (χ0) is 7.71. The zero-order valence-electron chi connectivity index (χ0n) is 4.97. The Morgan fingerprint density at radius 2 is 1.09 bits per heavy atom. The molecule has 0 atom stereocenters. The van der Waals surface area contributed by atoms with Gasteiger partial charge in [0.1, 0.15) is 0 Å². The van der Waals surface area contributed by atoms with Crippen LogP contribution in [0.3, 0.4) is 0 Å². The molecule has 0 rings (SSSR count). The average molecular weight is 443 g/mol. The van der Waals surface area contributed by atoms with Crippen molar-refractivity contribution in [3.8, 4) is 0 Å². The van der Waals surface area contributed by atoms with E-state index >= 15 is 0 Å². The molecule has 11 heavy (non-hydrogen) atoms. The van der Waals surface area contributed by atoms with Crippen LogP contribution < -0.4 is 0 Å². The number of hydrogen-bond acceptors (Lipinski definition) is 3. The van der Waals surface area contributed by atoms with E-state index in [-0.39, 0.29) is 44.4 Å². The summed E-state index contributed by atoms with van der Waals surface area (Å²) in [6.45, 7) is 0. The van der Waals surface area contributed by atoms with E-state index in [4.69, 9.17) is 19.6 Å². The molecule has 0 saturated heterocycles. The van der Waals surface area contributed by atoms with Crippen LogP contribution in [0, 0.1) is 0 Å². The number of hydrogen-bond donors (Lipinski definition) is 4. The fourth-order valence-electron chi connectivity index (χ4n) is 0.139. The third kappa shape index (κ3) is 18.6. The van der Waals surface area contributed by atoms with E-state index in [9.17, 15) is 9.13 Å². The molecule has 0 unspecified atom stereocenters. The van der Waals surface area contributed by atoms with Crippen molar-refractivity contribution in [1.29, 1.82) is 0 Å². The average Bonchev–Trinajstić information content (AvgIpc) is 1.14. The molecule has 0 aromatic carbocycles. The zero-order valence-corrected chi connectivity index (χ0v) is 13.4. The molecular weight excluding hydrogens is 437 g/mol. The molecule has 4 N–H and O–H groups in total. The predicted molar refractivity (Wildman–Crippen MR) is 33.7 cm³/mol. The van der Waals surface area contributed by atoms with Gasteiger partial charge in [-0.3, -0.25) is 0 Å². The van der Waals surface area contributed by atoms with Gasteiger partial charge in [-0.05, 0) is 0 Å². The quantitative estimate of drug-likeness (QED) is 0.296. The molecular formula is H6FeO7P2Pb. The van der Waals surface area contributed by atoms with Gasteiger partial charge in [0.15, 0.2) is 0 Å². The molecule has 7 nitrogen and oxygen atoms in total. The van der Waals surface area contributed by atoms with E-state index in [2.05, 4.69) is 4.31 Å². The fraction of sp³-hybridized carbons (Fsp3) is 0. The molecule has 70 valence electrons. The van der Waals surface area contributed by atoms with Crippen LogP contribution in [0.2, 0.25) is 0 Å². The molecule has 0 heterocycles. The van der Waals surface area contributed by atoms with E-state index in [1.54, 1.807) is 0 Å². The first-order valence-electron chi connectivity index (χ1n) is 1.53. The monoisotopic (exact) mass is 444 g/mol. The van der Waals surface area contributed by atoms with Crippen molar-refractivity contribution < 1.29 is 50.1 Å². The Morgan fingerprint density at radius 1 is 0.909 bits per heavy atom. The van der Waals surface area contributed by atoms with E-state index in [0.717, 1.165) is 0 Å². The second kappa shape index (κ2) is 6.20. The first-order chi connectivity index (χ1) is 3.71. The van der Waals surface area contributed by atoms with Gasteiger partial charge in [-0.1, -0.05) is 0 Å². The van der Waals surface area contributed by atoms with E-state index in [1.807, 2.05) is 0 Å². The summed E-state index contributed by atoms with van der Waals surface area (Å²) in [6.07, 6.45) is 0. The van der Waals surface area contributed by atoms with Crippen molar-refractivity contribution in [3.05, 3.63) is 0 Å². The molecule has 0 spiro atoms. The van der Waals surface area contributed by atoms with Crippen LogP contribution in [0.25, 0.3) is 0 Å². The molecule has 0 aliphatic carbocycles. The number of phosphoric acid groups is 2. The summed E-state index contributed by atoms with van der Waals surface area (Å²) in [5, 5.41) is 0. The van der Waals surface area contributed by atoms with Gasteiger partial charge in [0.05, 0.1) is 0 Å². The van der Waals surface area contributed by atoms with Crippen molar-refractivity contribution in [2.24, 2.45) is 0 Å². The first-order valence-corrected chi connectivity index (χ1v) is 4.59. The summed E-state index contributed by atoms with van der Waals surface area (Å²) in [5.41, 5.74) is 0. The SMILES string of the molecule is O=P(O)(O)OP(=O)(O)O.[Fe].[PbH2]. The Kier molecular flexibility index (Phi) is 10.4. The molecule has 11 heteroatoms. The Balaban J connectivity index is -0.000000320. The van der Waals surface area contributed by atoms with Crippen LogP contribution >= 0.6 is 15.6 Å². The normalized spacial score (nSPS) is 11.3. The molecule has 0 aromatic rings. The fourth-order valence-corrected chi connectivity index (χ4v) is 1.25. The third-order valence-corrected chi connectivity index (χ3v) is 1.91. The van der Waals surface area contributed by atoms with Crippen LogP contribution in [0.1, 0.15) is 0 Å². The van der Waals surface area contributed by atoms with Gasteiger partial charge in [0, 0.05) is 17.1 Å². The van der Waals surface area contributed by atoms with Crippen LogP contribution in [0.15, 0.2) is 0 Å². The Bertz CT molecular complexity index is 157. The third-order valence-electron chi connectivity index (χ3n) is 0.213. The summed E-state index contributed by atoms with van der Waals surface area (Å²) < 4.78 is 22.2. The molecule has 0 aliphatic rings. The summed E-state index contributed by atoms with van der Waals surface area (Å²) in [4.78, 5) is 31.0. The maximum absolute atomic E-state index is 9.63. The van der Waals surface area contributed by atoms with Crippen LogP contribution in [-0.4, -0.2) is 46.9 Å². The second-order valence-corrected chi connectivity index (χ2v) is 3.68. The van der Waals surface area contributed by atoms with Crippen molar-refractivity contribution in [1.82, 2.24) is 0 Å². The van der Waals surface area contributed by atoms with Crippen molar-refractivity contribution in [2.45, 2.75) is 0 Å². The standard InChI is InChI=1S/Fe.H4O7P2.Pb.2H/c;1-8(2,3)7-9(4,5)6;;;/h;(H2,1,2,3)(H2,4,5,6);;;. The first kappa shape index (κ1) is 18.5. The van der Waals surface area contributed by atoms with Crippen LogP contribution in [0.5, 0.6) is 0 Å². The van der Waals surface area contributed by atoms with Crippen LogP contribution in [0.4, 0.5) is 0 Å². The molecule has 0 bridgehead atoms. The van der Waals surface area contributed by atoms with Gasteiger partial charge in [-0.25, -0.2) is 9.13 Å². The predicted octanol–water partition coefficient (Wildman–Crippen LogP) is -1.73. The molecule has 0 amide bonds. The summed E-state index contributed by atoms with van der Waals surface area (Å²) in [6, 6.07) is 0. The molecule has 0 fully saturated rings. The molecule has 0 saturated carbocycles. The van der Waals surface area contributed by atoms with E-state index in [0.29, 0.717) is 0 Å². The number of rotatable bonds is 2. The van der Waals surface area contributed by atoms with Crippen molar-refractivity contribution >= 4 is 42.9 Å². The van der Waals surface area contributed by atoms with Gasteiger partial charge < -0.3 is 19.6 Å². The molecule has 0 aromatic heterocycles. The van der Waals surface area contributed by atoms with Gasteiger partial charge in [-0.15, -0.1) is 0 Å². The maximum atomic E-state index is 9.63. The second-order valence-electron chi connectivity index (χ2n) is 1.06. The van der Waals surface area contributed by atoms with Crippen LogP contribution in [-0.2, 0) is 30.5 Å². The van der Waals surface area contributed by atoms with E-state index in [1.165, 1.54) is 0 Å². The minimum absolute atomic E-state index is 0. The molecule has 2 radical (unpaired) electrons. The summed E-state index contributed by atoms with van der Waals surface area (Å²) in [7, 11) is -10.1. The van der Waals surface area contributed by atoms with Crippen molar-refractivity contribution in [2.75, 3.05) is 0 Å². The topological polar surface area (TPSA) is 124 Å². The van der Waals surface area contributed by atoms with Gasteiger partial charge >= 0.3 is 42.9 Å². The summed E-state index contributed by atoms with van der Waals surface area (Å²) in [5.74, 6) is 0. The summed E-state index contributed by atoms with van der Waals surface area (Å²) >= 11 is 0.